The standard InChI is InChI=1S/C20BF14NO4S2/c21-36(41(37,38)19-3-1(7(24)15(32)17(19)34)5(22)11(28)13(30)9(3)26)42(39,40)20-4-2(8(25)16(33)18(20)35)6(23)12(29)14(31)10(4)27. The molecule has 0 saturated heterocycles. The highest BCUT2D eigenvalue weighted by Crippen LogP contribution is 2.41. The molecule has 4 rings (SSSR count). The van der Waals surface area contributed by atoms with Crippen LogP contribution in [-0.4, -0.2) is 28.4 Å². The van der Waals surface area contributed by atoms with Crippen LogP contribution in [0.25, 0.3) is 21.5 Å². The molecule has 4 aromatic rings. The summed E-state index contributed by atoms with van der Waals surface area (Å²) in [4.78, 5) is -5.90. The van der Waals surface area contributed by atoms with Gasteiger partial charge < -0.3 is 0 Å². The smallest absolute Gasteiger partial charge is 0.207 e. The lowest BCUT2D eigenvalue weighted by Gasteiger charge is -2.22. The van der Waals surface area contributed by atoms with Crippen LogP contribution in [0.3, 0.4) is 0 Å². The summed E-state index contributed by atoms with van der Waals surface area (Å²) < 4.78 is 249. The van der Waals surface area contributed by atoms with Crippen LogP contribution in [0, 0.1) is 81.4 Å². The quantitative estimate of drug-likeness (QED) is 0.127. The Hall–Kier alpha value is -3.66. The molecule has 5 nitrogen and oxygen atoms in total. The lowest BCUT2D eigenvalue weighted by atomic mass is 10.1. The molecule has 0 heterocycles. The van der Waals surface area contributed by atoms with Gasteiger partial charge in [0.05, 0.1) is 10.8 Å². The van der Waals surface area contributed by atoms with Gasteiger partial charge in [0.25, 0.3) is 0 Å². The minimum absolute atomic E-state index is 1.94. The number of halogens is 14. The number of sulfonamides is 2. The van der Waals surface area contributed by atoms with Crippen LogP contribution >= 0.6 is 0 Å². The topological polar surface area (TPSA) is 71.5 Å². The second kappa shape index (κ2) is 9.69. The van der Waals surface area contributed by atoms with E-state index < -0.39 is 136 Å². The van der Waals surface area contributed by atoms with Crippen LogP contribution < -0.4 is 0 Å². The van der Waals surface area contributed by atoms with Gasteiger partial charge in [0.2, 0.25) is 28.0 Å². The third-order valence-corrected chi connectivity index (χ3v) is 9.51. The molecule has 0 aliphatic rings. The monoisotopic (exact) mass is 659 g/mol. The van der Waals surface area contributed by atoms with Crippen molar-refractivity contribution in [3.8, 4) is 0 Å². The molecule has 0 amide bonds. The van der Waals surface area contributed by atoms with Crippen LogP contribution in [0.5, 0.6) is 0 Å². The highest BCUT2D eigenvalue weighted by Gasteiger charge is 2.44. The summed E-state index contributed by atoms with van der Waals surface area (Å²) in [6, 6.07) is 0. The maximum absolute atomic E-state index is 14.7. The van der Waals surface area contributed by atoms with Gasteiger partial charge in [0, 0.05) is 10.8 Å². The fourth-order valence-electron chi connectivity index (χ4n) is 3.73. The molecular weight excluding hydrogens is 659 g/mol. The second-order valence-electron chi connectivity index (χ2n) is 7.79. The molecule has 0 aliphatic heterocycles. The Bertz CT molecular complexity index is 1970. The summed E-state index contributed by atoms with van der Waals surface area (Å²) >= 11 is 0. The number of hydrogen-bond acceptors (Lipinski definition) is 4. The molecule has 0 aromatic heterocycles. The summed E-state index contributed by atoms with van der Waals surface area (Å²) in [5, 5.41) is -10.2. The van der Waals surface area contributed by atoms with E-state index >= 15 is 0 Å². The highest BCUT2D eigenvalue weighted by molar-refractivity contribution is 8.05. The fourth-order valence-corrected chi connectivity index (χ4v) is 7.10. The zero-order valence-corrected chi connectivity index (χ0v) is 20.4. The number of fused-ring (bicyclic) bond motifs is 2. The molecule has 22 heteroatoms. The van der Waals surface area contributed by atoms with Crippen LogP contribution in [0.4, 0.5) is 61.5 Å². The minimum atomic E-state index is -6.98. The van der Waals surface area contributed by atoms with E-state index in [1.165, 1.54) is 0 Å². The first-order valence-corrected chi connectivity index (χ1v) is 12.7. The van der Waals surface area contributed by atoms with Crippen LogP contribution in [0.2, 0.25) is 0 Å². The van der Waals surface area contributed by atoms with Crippen molar-refractivity contribution in [2.45, 2.75) is 9.79 Å². The molecule has 42 heavy (non-hydrogen) atoms. The molecule has 222 valence electrons. The Morgan fingerprint density at radius 3 is 0.762 bits per heavy atom. The van der Waals surface area contributed by atoms with Crippen molar-refractivity contribution in [2.24, 2.45) is 0 Å². The normalized spacial score (nSPS) is 12.7. The third-order valence-electron chi connectivity index (χ3n) is 5.59. The van der Waals surface area contributed by atoms with Crippen LogP contribution in [-0.2, 0) is 20.0 Å². The number of nitrogens with zero attached hydrogens (tertiary/aromatic N) is 1. The molecule has 0 spiro atoms. The van der Waals surface area contributed by atoms with Gasteiger partial charge in [-0.05, 0) is 0 Å². The van der Waals surface area contributed by atoms with Gasteiger partial charge >= 0.3 is 0 Å². The average Bonchev–Trinajstić information content (AvgIpc) is 2.92. The molecule has 0 bridgehead atoms. The SMILES string of the molecule is [B]N(S(=O)(=O)c1c(F)c(F)c(F)c2c(F)c(F)c(F)c(F)c12)S(=O)(=O)c1c(F)c(F)c(F)c2c(F)c(F)c(F)c(F)c12. The summed E-state index contributed by atoms with van der Waals surface area (Å²) in [6.07, 6.45) is 0. The van der Waals surface area contributed by atoms with E-state index in [-0.39, 0.29) is 0 Å². The first kappa shape index (κ1) is 31.3. The van der Waals surface area contributed by atoms with Crippen molar-refractivity contribution in [1.82, 2.24) is 3.62 Å². The van der Waals surface area contributed by atoms with Crippen molar-refractivity contribution in [2.75, 3.05) is 0 Å². The summed E-state index contributed by atoms with van der Waals surface area (Å²) in [5.41, 5.74) is 0. The number of benzene rings is 4. The third kappa shape index (κ3) is 3.87. The number of rotatable bonds is 4. The van der Waals surface area contributed by atoms with Crippen molar-refractivity contribution in [3.63, 3.8) is 0 Å². The van der Waals surface area contributed by atoms with Crippen molar-refractivity contribution in [3.05, 3.63) is 81.4 Å². The van der Waals surface area contributed by atoms with E-state index in [0.29, 0.717) is 0 Å². The van der Waals surface area contributed by atoms with Crippen LogP contribution in [0.1, 0.15) is 0 Å². The zero-order chi connectivity index (χ0) is 32.1. The van der Waals surface area contributed by atoms with E-state index in [1.54, 1.807) is 0 Å². The van der Waals surface area contributed by atoms with E-state index in [9.17, 15) is 78.3 Å². The predicted octanol–water partition coefficient (Wildman–Crippen LogP) is 5.40. The Morgan fingerprint density at radius 1 is 0.333 bits per heavy atom. The molecular formula is C20BF14NO4S2. The predicted molar refractivity (Wildman–Crippen MR) is 109 cm³/mol. The van der Waals surface area contributed by atoms with Gasteiger partial charge in [-0.25, -0.2) is 78.3 Å². The van der Waals surface area contributed by atoms with E-state index in [4.69, 9.17) is 7.98 Å². The van der Waals surface area contributed by atoms with Crippen molar-refractivity contribution < 1.29 is 78.3 Å². The maximum Gasteiger partial charge on any atom is 0.248 e. The minimum Gasteiger partial charge on any atom is -0.207 e. The number of hydrogen-bond donors (Lipinski definition) is 0. The Morgan fingerprint density at radius 2 is 0.524 bits per heavy atom. The van der Waals surface area contributed by atoms with E-state index in [0.717, 1.165) is 0 Å². The molecule has 0 unspecified atom stereocenters. The van der Waals surface area contributed by atoms with Crippen LogP contribution in [0.15, 0.2) is 9.79 Å². The van der Waals surface area contributed by atoms with Gasteiger partial charge in [-0.1, -0.05) is 0 Å². The second-order valence-corrected chi connectivity index (χ2v) is 11.5. The Kier molecular flexibility index (Phi) is 7.22. The van der Waals surface area contributed by atoms with Crippen molar-refractivity contribution >= 4 is 49.6 Å². The van der Waals surface area contributed by atoms with E-state index in [2.05, 4.69) is 0 Å². The van der Waals surface area contributed by atoms with Crippen molar-refractivity contribution in [1.29, 1.82) is 0 Å². The molecule has 0 saturated carbocycles. The molecule has 0 N–H and O–H groups in total. The van der Waals surface area contributed by atoms with E-state index in [1.807, 2.05) is 0 Å². The molecule has 4 aromatic carbocycles. The first-order chi connectivity index (χ1) is 19.1. The molecule has 2 radical (unpaired) electrons. The summed E-state index contributed by atoms with van der Waals surface area (Å²) in [6.45, 7) is 0. The lowest BCUT2D eigenvalue weighted by Crippen LogP contribution is -2.36. The maximum atomic E-state index is 14.7. The van der Waals surface area contributed by atoms with Gasteiger partial charge in [-0.2, -0.15) is 0 Å². The fraction of sp³-hybridized carbons (Fsp3) is 0. The largest absolute Gasteiger partial charge is 0.248 e. The molecule has 0 aliphatic carbocycles. The van der Waals surface area contributed by atoms with Gasteiger partial charge in [-0.3, -0.25) is 0 Å². The lowest BCUT2D eigenvalue weighted by molar-refractivity contribution is 0.405. The zero-order valence-electron chi connectivity index (χ0n) is 18.8. The van der Waals surface area contributed by atoms with Gasteiger partial charge in [0.15, 0.2) is 81.4 Å². The first-order valence-electron chi connectivity index (χ1n) is 9.84. The highest BCUT2D eigenvalue weighted by atomic mass is 32.3. The summed E-state index contributed by atoms with van der Waals surface area (Å²) in [5.74, 6) is -42.2. The average molecular weight is 659 g/mol. The Balaban J connectivity index is 2.20. The summed E-state index contributed by atoms with van der Waals surface area (Å²) in [7, 11) is -9.14. The molecule has 0 fully saturated rings. The van der Waals surface area contributed by atoms with Gasteiger partial charge in [-0.15, -0.1) is 3.62 Å². The Labute approximate surface area is 223 Å². The molecule has 0 atom stereocenters. The van der Waals surface area contributed by atoms with Gasteiger partial charge in [0.1, 0.15) is 9.79 Å².